The molecule has 1 aliphatic rings. The third-order valence-corrected chi connectivity index (χ3v) is 12.1. The number of aryl methyl sites for hydroxylation is 1. The fraction of sp³-hybridized carbons (Fsp3) is 0.457. The Morgan fingerprint density at radius 1 is 1.00 bits per heavy atom. The van der Waals surface area contributed by atoms with E-state index in [4.69, 9.17) is 21.1 Å². The molecule has 0 radical (unpaired) electrons. The molecule has 0 unspecified atom stereocenters. The Balaban J connectivity index is 1.67. The van der Waals surface area contributed by atoms with E-state index in [2.05, 4.69) is 4.72 Å². The van der Waals surface area contributed by atoms with Gasteiger partial charge in [-0.1, -0.05) is 36.2 Å². The lowest BCUT2D eigenvalue weighted by Gasteiger charge is -2.35. The maximum absolute atomic E-state index is 14.4. The van der Waals surface area contributed by atoms with Crippen LogP contribution in [0.2, 0.25) is 5.02 Å². The molecule has 1 heterocycles. The number of hydrogen-bond donors (Lipinski definition) is 2. The highest BCUT2D eigenvalue weighted by Crippen LogP contribution is 2.30. The minimum atomic E-state index is -4.01. The number of anilines is 1. The summed E-state index contributed by atoms with van der Waals surface area (Å²) in [6, 6.07) is 16.2. The van der Waals surface area contributed by atoms with Crippen LogP contribution in [0.5, 0.6) is 5.75 Å². The number of halogens is 1. The van der Waals surface area contributed by atoms with Gasteiger partial charge in [0.25, 0.3) is 15.9 Å². The summed E-state index contributed by atoms with van der Waals surface area (Å²) in [4.78, 5) is 16.0. The lowest BCUT2D eigenvalue weighted by Crippen LogP contribution is -2.48. The third kappa shape index (κ3) is 9.95. The number of aliphatic hydroxyl groups is 1. The Hall–Kier alpha value is -3.20. The average Bonchev–Trinajstić information content (AvgIpc) is 3.06. The topological polar surface area (TPSA) is 143 Å². The fourth-order valence-electron chi connectivity index (χ4n) is 5.52. The van der Waals surface area contributed by atoms with Crippen LogP contribution in [0, 0.1) is 12.8 Å². The summed E-state index contributed by atoms with van der Waals surface area (Å²) in [5.74, 6) is -0.574. The Labute approximate surface area is 295 Å². The molecule has 2 N–H and O–H groups in total. The third-order valence-electron chi connectivity index (χ3n) is 8.59. The molecular weight excluding hydrogens is 690 g/mol. The molecule has 0 fully saturated rings. The van der Waals surface area contributed by atoms with E-state index in [9.17, 15) is 26.7 Å². The molecule has 4 rings (SSSR count). The predicted octanol–water partition coefficient (Wildman–Crippen LogP) is 5.57. The van der Waals surface area contributed by atoms with Crippen LogP contribution in [0.15, 0.2) is 76.5 Å². The molecule has 0 aliphatic carbocycles. The molecule has 1 aliphatic heterocycles. The van der Waals surface area contributed by atoms with Gasteiger partial charge in [-0.2, -0.15) is 4.31 Å². The summed E-state index contributed by atoms with van der Waals surface area (Å²) in [5.41, 5.74) is 1.21. The van der Waals surface area contributed by atoms with Gasteiger partial charge in [-0.05, 0) is 94.6 Å². The number of rotatable bonds is 9. The number of sulfonamides is 2. The summed E-state index contributed by atoms with van der Waals surface area (Å²) in [7, 11) is -6.32. The Morgan fingerprint density at radius 3 is 2.31 bits per heavy atom. The smallest absolute Gasteiger partial charge is 0.261 e. The molecule has 0 saturated carbocycles. The molecule has 0 aromatic heterocycles. The Kier molecular flexibility index (Phi) is 13.1. The first-order valence-corrected chi connectivity index (χ1v) is 19.6. The number of likely N-dealkylation sites (N-methyl/N-ethyl adjacent to an activating group) is 1. The van der Waals surface area contributed by atoms with E-state index >= 15 is 0 Å². The van der Waals surface area contributed by atoms with Crippen molar-refractivity contribution in [2.75, 3.05) is 38.1 Å². The van der Waals surface area contributed by atoms with Crippen molar-refractivity contribution in [3.63, 3.8) is 0 Å². The molecule has 1 amide bonds. The van der Waals surface area contributed by atoms with E-state index in [1.807, 2.05) is 20.8 Å². The first-order valence-electron chi connectivity index (χ1n) is 16.3. The van der Waals surface area contributed by atoms with E-state index in [1.54, 1.807) is 37.3 Å². The van der Waals surface area contributed by atoms with E-state index in [1.165, 1.54) is 52.7 Å². The lowest BCUT2D eigenvalue weighted by molar-refractivity contribution is -0.00833. The van der Waals surface area contributed by atoms with E-state index in [-0.39, 0.29) is 58.5 Å². The summed E-state index contributed by atoms with van der Waals surface area (Å²) in [5, 5.41) is 10.6. The van der Waals surface area contributed by atoms with Gasteiger partial charge < -0.3 is 19.5 Å². The molecule has 3 aromatic rings. The number of carbonyl (C=O) groups excluding carboxylic acids is 1. The van der Waals surface area contributed by atoms with Gasteiger partial charge >= 0.3 is 0 Å². The largest absolute Gasteiger partial charge is 0.490 e. The molecule has 14 heteroatoms. The normalized spacial score (nSPS) is 20.6. The second-order valence-corrected chi connectivity index (χ2v) is 16.8. The van der Waals surface area contributed by atoms with E-state index < -0.39 is 38.1 Å². The van der Waals surface area contributed by atoms with Crippen molar-refractivity contribution in [1.29, 1.82) is 0 Å². The second-order valence-electron chi connectivity index (χ2n) is 12.7. The molecule has 0 spiro atoms. The van der Waals surface area contributed by atoms with Gasteiger partial charge in [-0.15, -0.1) is 0 Å². The van der Waals surface area contributed by atoms with Crippen LogP contribution in [0.25, 0.3) is 0 Å². The summed E-state index contributed by atoms with van der Waals surface area (Å²) in [6.07, 6.45) is 1.26. The summed E-state index contributed by atoms with van der Waals surface area (Å²) < 4.78 is 69.6. The highest BCUT2D eigenvalue weighted by molar-refractivity contribution is 7.92. The molecule has 268 valence electrons. The van der Waals surface area contributed by atoms with Crippen molar-refractivity contribution in [2.45, 2.75) is 75.0 Å². The van der Waals surface area contributed by atoms with Crippen LogP contribution in [0.4, 0.5) is 5.69 Å². The molecular formula is C35H46ClN3O8S2. The van der Waals surface area contributed by atoms with Gasteiger partial charge in [0.1, 0.15) is 5.75 Å². The van der Waals surface area contributed by atoms with E-state index in [0.29, 0.717) is 24.5 Å². The monoisotopic (exact) mass is 735 g/mol. The molecule has 11 nitrogen and oxygen atoms in total. The Morgan fingerprint density at radius 2 is 1.65 bits per heavy atom. The first kappa shape index (κ1) is 38.6. The molecule has 4 atom stereocenters. The summed E-state index contributed by atoms with van der Waals surface area (Å²) in [6.45, 7) is 7.55. The van der Waals surface area contributed by atoms with Crippen LogP contribution in [0.3, 0.4) is 0 Å². The standard InChI is InChI=1S/C35H46ClN3O8S2/c1-24-9-14-31(15-10-24)49(44,45)38(5)22-34-25(2)21-39(26(3)23-40)35(41)32-20-29(37-48(42,43)30-16-11-28(36)12-17-30)13-18-33(32)47-27(4)8-6-7-19-46-34/h9-18,20,25-27,34,37,40H,6-8,19,21-23H2,1-5H3/t25-,26-,27-,34-/m1/s1. The minimum Gasteiger partial charge on any atom is -0.490 e. The van der Waals surface area contributed by atoms with Gasteiger partial charge in [-0.25, -0.2) is 16.8 Å². The molecule has 49 heavy (non-hydrogen) atoms. The quantitative estimate of drug-likeness (QED) is 0.291. The van der Waals surface area contributed by atoms with Crippen LogP contribution >= 0.6 is 11.6 Å². The number of nitrogens with zero attached hydrogens (tertiary/aromatic N) is 2. The number of aliphatic hydroxyl groups excluding tert-OH is 1. The van der Waals surface area contributed by atoms with Gasteiger partial charge in [-0.3, -0.25) is 9.52 Å². The number of amides is 1. The van der Waals surface area contributed by atoms with Gasteiger partial charge in [0.2, 0.25) is 10.0 Å². The lowest BCUT2D eigenvalue weighted by atomic mass is 10.0. The van der Waals surface area contributed by atoms with Crippen molar-refractivity contribution in [3.05, 3.63) is 82.9 Å². The van der Waals surface area contributed by atoms with Crippen LogP contribution in [-0.4, -0.2) is 88.7 Å². The average molecular weight is 736 g/mol. The van der Waals surface area contributed by atoms with E-state index in [0.717, 1.165) is 12.0 Å². The number of fused-ring (bicyclic) bond motifs is 1. The zero-order chi connectivity index (χ0) is 35.9. The number of nitrogens with one attached hydrogen (secondary N) is 1. The van der Waals surface area contributed by atoms with Crippen LogP contribution in [-0.2, 0) is 24.8 Å². The summed E-state index contributed by atoms with van der Waals surface area (Å²) >= 11 is 5.94. The number of carbonyl (C=O) groups is 1. The van der Waals surface area contributed by atoms with Crippen molar-refractivity contribution < 1.29 is 36.2 Å². The van der Waals surface area contributed by atoms with Gasteiger partial charge in [0.05, 0.1) is 40.2 Å². The fourth-order valence-corrected chi connectivity index (χ4v) is 7.88. The number of benzene rings is 3. The maximum atomic E-state index is 14.4. The van der Waals surface area contributed by atoms with Crippen LogP contribution in [0.1, 0.15) is 56.0 Å². The van der Waals surface area contributed by atoms with Crippen molar-refractivity contribution in [2.24, 2.45) is 5.92 Å². The molecule has 0 bridgehead atoms. The van der Waals surface area contributed by atoms with Crippen LogP contribution < -0.4 is 9.46 Å². The van der Waals surface area contributed by atoms with Gasteiger partial charge in [0, 0.05) is 43.4 Å². The minimum absolute atomic E-state index is 0.00191. The van der Waals surface area contributed by atoms with Crippen molar-refractivity contribution in [1.82, 2.24) is 9.21 Å². The highest BCUT2D eigenvalue weighted by Gasteiger charge is 2.32. The zero-order valence-electron chi connectivity index (χ0n) is 28.5. The van der Waals surface area contributed by atoms with Gasteiger partial charge in [0.15, 0.2) is 0 Å². The Bertz CT molecular complexity index is 1790. The molecule has 3 aromatic carbocycles. The predicted molar refractivity (Wildman–Crippen MR) is 190 cm³/mol. The zero-order valence-corrected chi connectivity index (χ0v) is 30.9. The van der Waals surface area contributed by atoms with Crippen molar-refractivity contribution in [3.8, 4) is 5.75 Å². The SMILES string of the molecule is Cc1ccc(S(=O)(=O)N(C)C[C@H]2OCCCC[C@@H](C)Oc3ccc(NS(=O)(=O)c4ccc(Cl)cc4)cc3C(=O)N([C@H](C)CO)C[C@H]2C)cc1. The molecule has 0 saturated heterocycles. The first-order chi connectivity index (χ1) is 23.1. The number of ether oxygens (including phenoxy) is 2. The number of hydrogen-bond acceptors (Lipinski definition) is 8. The highest BCUT2D eigenvalue weighted by atomic mass is 35.5. The van der Waals surface area contributed by atoms with Crippen molar-refractivity contribution >= 4 is 43.2 Å². The maximum Gasteiger partial charge on any atom is 0.261 e. The second kappa shape index (κ2) is 16.7.